The number of likely N-dealkylation sites (N-methyl/N-ethyl adjacent to an activating group) is 1. The number of pyridine rings is 1. The molecule has 0 aliphatic rings. The van der Waals surface area contributed by atoms with E-state index in [9.17, 15) is 14.0 Å². The summed E-state index contributed by atoms with van der Waals surface area (Å²) >= 11 is 0. The second-order valence-electron chi connectivity index (χ2n) is 5.54. The minimum Gasteiger partial charge on any atom is -0.480 e. The minimum atomic E-state index is -0.967. The van der Waals surface area contributed by atoms with Crippen LogP contribution in [0.25, 0.3) is 6.08 Å². The Bertz CT molecular complexity index is 822. The van der Waals surface area contributed by atoms with E-state index in [4.69, 9.17) is 5.11 Å². The van der Waals surface area contributed by atoms with Crippen molar-refractivity contribution in [2.75, 3.05) is 18.9 Å². The number of nitrogens with one attached hydrogen (secondary N) is 1. The molecule has 2 N–H and O–H groups in total. The molecule has 0 atom stereocenters. The van der Waals surface area contributed by atoms with E-state index in [0.717, 1.165) is 5.56 Å². The molecule has 1 heterocycles. The van der Waals surface area contributed by atoms with Crippen molar-refractivity contribution in [2.45, 2.75) is 20.8 Å². The number of aliphatic carboxylic acids is 1. The predicted molar refractivity (Wildman–Crippen MR) is 105 cm³/mol. The maximum absolute atomic E-state index is 14.0. The summed E-state index contributed by atoms with van der Waals surface area (Å²) in [7, 11) is 1.60. The van der Waals surface area contributed by atoms with Crippen LogP contribution in [-0.2, 0) is 4.79 Å². The standard InChI is InChI=1S/C18H18FN3O3.C2H6/c1-12-3-4-16(15(19)7-12)21-17-9-20-8-13(14(17)11-23)5-6-22(2)10-18(24)25;1-2/h3-9,11,21H,10H2,1-2H3,(H,24,25);1-2H3/b6-5-;. The monoisotopic (exact) mass is 373 g/mol. The molecule has 0 bridgehead atoms. The minimum absolute atomic E-state index is 0.174. The van der Waals surface area contributed by atoms with Gasteiger partial charge in [0.15, 0.2) is 6.29 Å². The van der Waals surface area contributed by atoms with Crippen LogP contribution in [0.3, 0.4) is 0 Å². The van der Waals surface area contributed by atoms with Crippen LogP contribution in [0.2, 0.25) is 0 Å². The molecule has 0 saturated carbocycles. The molecule has 6 nitrogen and oxygen atoms in total. The Kier molecular flexibility index (Phi) is 8.65. The van der Waals surface area contributed by atoms with Crippen LogP contribution in [0.5, 0.6) is 0 Å². The first-order valence-electron chi connectivity index (χ1n) is 8.47. The molecule has 0 saturated heterocycles. The molecule has 0 spiro atoms. The van der Waals surface area contributed by atoms with Gasteiger partial charge in [-0.15, -0.1) is 0 Å². The zero-order valence-electron chi connectivity index (χ0n) is 15.9. The molecule has 0 aliphatic heterocycles. The SMILES string of the molecule is CC.Cc1ccc(Nc2cncc(/C=C\N(C)CC(=O)O)c2C=O)c(F)c1. The molecule has 144 valence electrons. The first-order chi connectivity index (χ1) is 12.9. The number of aryl methyl sites for hydroxylation is 1. The van der Waals surface area contributed by atoms with E-state index in [0.29, 0.717) is 23.1 Å². The number of carboxylic acids is 1. The largest absolute Gasteiger partial charge is 0.480 e. The molecular weight excluding hydrogens is 349 g/mol. The fraction of sp³-hybridized carbons (Fsp3) is 0.250. The molecule has 0 aliphatic carbocycles. The summed E-state index contributed by atoms with van der Waals surface area (Å²) in [5.41, 5.74) is 2.18. The van der Waals surface area contributed by atoms with Crippen LogP contribution in [0.1, 0.15) is 35.3 Å². The Hall–Kier alpha value is -3.22. The van der Waals surface area contributed by atoms with Crippen LogP contribution in [0.4, 0.5) is 15.8 Å². The van der Waals surface area contributed by atoms with Crippen molar-refractivity contribution in [3.8, 4) is 0 Å². The van der Waals surface area contributed by atoms with Crippen LogP contribution in [-0.4, -0.2) is 40.8 Å². The van der Waals surface area contributed by atoms with Gasteiger partial charge < -0.3 is 15.3 Å². The normalized spacial score (nSPS) is 10.1. The molecule has 0 unspecified atom stereocenters. The van der Waals surface area contributed by atoms with Crippen molar-refractivity contribution in [2.24, 2.45) is 0 Å². The van der Waals surface area contributed by atoms with Crippen LogP contribution >= 0.6 is 0 Å². The summed E-state index contributed by atoms with van der Waals surface area (Å²) in [6, 6.07) is 4.73. The van der Waals surface area contributed by atoms with Crippen molar-refractivity contribution in [3.63, 3.8) is 0 Å². The Morgan fingerprint density at radius 1 is 1.30 bits per heavy atom. The third kappa shape index (κ3) is 6.54. The van der Waals surface area contributed by atoms with Crippen LogP contribution in [0, 0.1) is 12.7 Å². The highest BCUT2D eigenvalue weighted by molar-refractivity contribution is 5.90. The average Bonchev–Trinajstić information content (AvgIpc) is 2.63. The van der Waals surface area contributed by atoms with Gasteiger partial charge in [-0.25, -0.2) is 4.39 Å². The second-order valence-corrected chi connectivity index (χ2v) is 5.54. The lowest BCUT2D eigenvalue weighted by Crippen LogP contribution is -2.19. The second kappa shape index (κ2) is 10.7. The molecule has 2 rings (SSSR count). The van der Waals surface area contributed by atoms with Gasteiger partial charge in [0.05, 0.1) is 17.6 Å². The lowest BCUT2D eigenvalue weighted by Gasteiger charge is -2.13. The highest BCUT2D eigenvalue weighted by Gasteiger charge is 2.10. The molecule has 0 radical (unpaired) electrons. The van der Waals surface area contributed by atoms with E-state index in [1.807, 2.05) is 13.8 Å². The number of halogens is 1. The number of carbonyl (C=O) groups excluding carboxylic acids is 1. The third-order valence-electron chi connectivity index (χ3n) is 3.42. The average molecular weight is 373 g/mol. The summed E-state index contributed by atoms with van der Waals surface area (Å²) in [4.78, 5) is 27.7. The van der Waals surface area contributed by atoms with E-state index in [1.165, 1.54) is 29.6 Å². The van der Waals surface area contributed by atoms with Gasteiger partial charge in [0.1, 0.15) is 12.4 Å². The van der Waals surface area contributed by atoms with Gasteiger partial charge in [-0.05, 0) is 30.7 Å². The number of benzene rings is 1. The number of anilines is 2. The molecule has 2 aromatic rings. The molecule has 0 amide bonds. The van der Waals surface area contributed by atoms with Gasteiger partial charge in [-0.1, -0.05) is 19.9 Å². The smallest absolute Gasteiger partial charge is 0.323 e. The highest BCUT2D eigenvalue weighted by Crippen LogP contribution is 2.25. The number of aromatic nitrogens is 1. The number of hydrogen-bond acceptors (Lipinski definition) is 5. The molecule has 27 heavy (non-hydrogen) atoms. The first-order valence-corrected chi connectivity index (χ1v) is 8.47. The van der Waals surface area contributed by atoms with Gasteiger partial charge >= 0.3 is 5.97 Å². The van der Waals surface area contributed by atoms with Gasteiger partial charge in [-0.2, -0.15) is 0 Å². The molecular formula is C20H24FN3O3. The summed E-state index contributed by atoms with van der Waals surface area (Å²) in [6.07, 6.45) is 6.67. The maximum atomic E-state index is 14.0. The molecule has 1 aromatic carbocycles. The third-order valence-corrected chi connectivity index (χ3v) is 3.42. The zero-order chi connectivity index (χ0) is 20.4. The maximum Gasteiger partial charge on any atom is 0.323 e. The fourth-order valence-electron chi connectivity index (χ4n) is 2.19. The van der Waals surface area contributed by atoms with Crippen molar-refractivity contribution in [1.82, 2.24) is 9.88 Å². The van der Waals surface area contributed by atoms with E-state index in [2.05, 4.69) is 10.3 Å². The Morgan fingerprint density at radius 2 is 2.00 bits per heavy atom. The number of hydrogen-bond donors (Lipinski definition) is 2. The molecule has 0 fully saturated rings. The van der Waals surface area contributed by atoms with Crippen LogP contribution in [0.15, 0.2) is 36.8 Å². The first kappa shape index (κ1) is 21.8. The number of rotatable bonds is 7. The van der Waals surface area contributed by atoms with Crippen LogP contribution < -0.4 is 5.32 Å². The topological polar surface area (TPSA) is 82.5 Å². The Labute approximate surface area is 158 Å². The summed E-state index contributed by atoms with van der Waals surface area (Å²) < 4.78 is 14.0. The summed E-state index contributed by atoms with van der Waals surface area (Å²) in [5.74, 6) is -1.40. The highest BCUT2D eigenvalue weighted by atomic mass is 19.1. The number of carboxylic acid groups (broad SMARTS) is 1. The zero-order valence-corrected chi connectivity index (χ0v) is 15.9. The number of nitrogens with zero attached hydrogens (tertiary/aromatic N) is 2. The van der Waals surface area contributed by atoms with Crippen molar-refractivity contribution in [1.29, 1.82) is 0 Å². The van der Waals surface area contributed by atoms with Gasteiger partial charge in [-0.3, -0.25) is 14.6 Å². The van der Waals surface area contributed by atoms with E-state index in [-0.39, 0.29) is 12.2 Å². The number of aldehydes is 1. The van der Waals surface area contributed by atoms with Crippen molar-refractivity contribution < 1.29 is 19.1 Å². The molecule has 1 aromatic heterocycles. The lowest BCUT2D eigenvalue weighted by atomic mass is 10.1. The Balaban J connectivity index is 0.00000176. The summed E-state index contributed by atoms with van der Waals surface area (Å²) in [6.45, 7) is 5.61. The van der Waals surface area contributed by atoms with Crippen molar-refractivity contribution in [3.05, 3.63) is 59.3 Å². The van der Waals surface area contributed by atoms with Gasteiger partial charge in [0.2, 0.25) is 0 Å². The number of carbonyl (C=O) groups is 2. The fourth-order valence-corrected chi connectivity index (χ4v) is 2.19. The summed E-state index contributed by atoms with van der Waals surface area (Å²) in [5, 5.41) is 11.6. The van der Waals surface area contributed by atoms with E-state index < -0.39 is 11.8 Å². The quantitative estimate of drug-likeness (QED) is 0.711. The van der Waals surface area contributed by atoms with Gasteiger partial charge in [0, 0.05) is 30.6 Å². The molecule has 7 heteroatoms. The van der Waals surface area contributed by atoms with Gasteiger partial charge in [0.25, 0.3) is 0 Å². The van der Waals surface area contributed by atoms with Crippen molar-refractivity contribution >= 4 is 29.7 Å². The van der Waals surface area contributed by atoms with E-state index >= 15 is 0 Å². The van der Waals surface area contributed by atoms with E-state index in [1.54, 1.807) is 32.2 Å². The Morgan fingerprint density at radius 3 is 2.59 bits per heavy atom. The lowest BCUT2D eigenvalue weighted by molar-refractivity contribution is -0.137. The predicted octanol–water partition coefficient (Wildman–Crippen LogP) is 4.10.